The molecule has 0 atom stereocenters. The molecule has 3 rings (SSSR count). The number of carbonyl (C=O) groups excluding carboxylic acids is 1. The molecular formula is C20H24N4O. The monoisotopic (exact) mass is 336 g/mol. The highest BCUT2D eigenvalue weighted by Gasteiger charge is 2.18. The summed E-state index contributed by atoms with van der Waals surface area (Å²) in [4.78, 5) is 16.3. The normalized spacial score (nSPS) is 13.6. The van der Waals surface area contributed by atoms with Gasteiger partial charge in [0.1, 0.15) is 0 Å². The first-order valence-corrected chi connectivity index (χ1v) is 8.55. The predicted octanol–water partition coefficient (Wildman–Crippen LogP) is 2.66. The van der Waals surface area contributed by atoms with Gasteiger partial charge in [-0.05, 0) is 42.2 Å². The van der Waals surface area contributed by atoms with Crippen molar-refractivity contribution >= 4 is 23.5 Å². The molecule has 0 aromatic heterocycles. The number of aryl methyl sites for hydroxylation is 1. The van der Waals surface area contributed by atoms with Crippen molar-refractivity contribution in [2.45, 2.75) is 12.8 Å². The molecule has 0 saturated carbocycles. The molecule has 2 aromatic carbocycles. The van der Waals surface area contributed by atoms with E-state index in [2.05, 4.69) is 27.6 Å². The zero-order chi connectivity index (χ0) is 17.6. The number of nitrogens with one attached hydrogen (secondary N) is 1. The third kappa shape index (κ3) is 4.38. The highest BCUT2D eigenvalue weighted by molar-refractivity contribution is 5.85. The van der Waals surface area contributed by atoms with Crippen LogP contribution in [-0.2, 0) is 11.2 Å². The summed E-state index contributed by atoms with van der Waals surface area (Å²) in [5, 5.41) is 4.07. The van der Waals surface area contributed by atoms with Crippen molar-refractivity contribution in [3.8, 4) is 0 Å². The van der Waals surface area contributed by atoms with E-state index in [0.717, 1.165) is 36.3 Å². The highest BCUT2D eigenvalue weighted by Crippen LogP contribution is 2.26. The van der Waals surface area contributed by atoms with Crippen molar-refractivity contribution in [3.63, 3.8) is 0 Å². The molecule has 1 amide bonds. The van der Waals surface area contributed by atoms with E-state index in [-0.39, 0.29) is 5.91 Å². The largest absolute Gasteiger partial charge is 0.378 e. The molecule has 0 fully saturated rings. The molecule has 1 heterocycles. The Morgan fingerprint density at radius 1 is 1.20 bits per heavy atom. The van der Waals surface area contributed by atoms with Gasteiger partial charge < -0.3 is 9.80 Å². The van der Waals surface area contributed by atoms with Crippen molar-refractivity contribution in [2.75, 3.05) is 37.0 Å². The number of hydrazone groups is 1. The quantitative estimate of drug-likeness (QED) is 0.674. The van der Waals surface area contributed by atoms with Gasteiger partial charge in [-0.3, -0.25) is 4.79 Å². The number of carbonyl (C=O) groups is 1. The topological polar surface area (TPSA) is 47.9 Å². The summed E-state index contributed by atoms with van der Waals surface area (Å²) in [7, 11) is 4.00. The first-order valence-electron chi connectivity index (χ1n) is 8.55. The lowest BCUT2D eigenvalue weighted by Gasteiger charge is -2.30. The third-order valence-electron chi connectivity index (χ3n) is 4.35. The van der Waals surface area contributed by atoms with E-state index in [9.17, 15) is 4.79 Å². The van der Waals surface area contributed by atoms with Crippen LogP contribution in [0.5, 0.6) is 0 Å². The van der Waals surface area contributed by atoms with Crippen LogP contribution in [0.2, 0.25) is 0 Å². The van der Waals surface area contributed by atoms with Crippen LogP contribution in [-0.4, -0.2) is 39.3 Å². The Kier molecular flexibility index (Phi) is 5.33. The lowest BCUT2D eigenvalue weighted by Crippen LogP contribution is -2.38. The molecule has 0 bridgehead atoms. The van der Waals surface area contributed by atoms with Gasteiger partial charge in [0.2, 0.25) is 0 Å². The molecular weight excluding hydrogens is 312 g/mol. The lowest BCUT2D eigenvalue weighted by atomic mass is 10.0. The molecule has 0 spiro atoms. The van der Waals surface area contributed by atoms with Crippen molar-refractivity contribution in [1.29, 1.82) is 0 Å². The van der Waals surface area contributed by atoms with Crippen molar-refractivity contribution in [1.82, 2.24) is 5.43 Å². The second-order valence-electron chi connectivity index (χ2n) is 6.43. The zero-order valence-corrected chi connectivity index (χ0v) is 14.8. The fraction of sp³-hybridized carbons (Fsp3) is 0.300. The van der Waals surface area contributed by atoms with Gasteiger partial charge in [-0.2, -0.15) is 5.10 Å². The molecule has 2 aromatic rings. The predicted molar refractivity (Wildman–Crippen MR) is 103 cm³/mol. The van der Waals surface area contributed by atoms with Gasteiger partial charge >= 0.3 is 0 Å². The van der Waals surface area contributed by atoms with Gasteiger partial charge in [-0.1, -0.05) is 30.3 Å². The summed E-state index contributed by atoms with van der Waals surface area (Å²) in [5.41, 5.74) is 7.18. The fourth-order valence-electron chi connectivity index (χ4n) is 3.02. The minimum absolute atomic E-state index is 0.0992. The zero-order valence-electron chi connectivity index (χ0n) is 14.8. The number of anilines is 2. The molecule has 1 aliphatic rings. The maximum absolute atomic E-state index is 12.2. The minimum atomic E-state index is -0.0992. The molecule has 0 radical (unpaired) electrons. The summed E-state index contributed by atoms with van der Waals surface area (Å²) in [6.07, 6.45) is 3.82. The number of hydrogen-bond donors (Lipinski definition) is 1. The average Bonchev–Trinajstić information content (AvgIpc) is 2.62. The van der Waals surface area contributed by atoms with Gasteiger partial charge in [0.25, 0.3) is 5.91 Å². The Morgan fingerprint density at radius 3 is 2.72 bits per heavy atom. The standard InChI is InChI=1S/C20H24N4O/c1-23(2)18-11-9-16(10-12-18)14-21-22-20(25)15-24-13-5-7-17-6-3-4-8-19(17)24/h3-4,6,8-12,14H,5,7,13,15H2,1-2H3,(H,22,25)/b21-14-. The summed E-state index contributed by atoms with van der Waals surface area (Å²) in [5.74, 6) is -0.0992. The van der Waals surface area contributed by atoms with E-state index in [1.54, 1.807) is 6.21 Å². The van der Waals surface area contributed by atoms with Crippen LogP contribution in [0.25, 0.3) is 0 Å². The number of rotatable bonds is 5. The van der Waals surface area contributed by atoms with Gasteiger partial charge in [-0.15, -0.1) is 0 Å². The van der Waals surface area contributed by atoms with Gasteiger partial charge in [0.15, 0.2) is 0 Å². The van der Waals surface area contributed by atoms with Crippen molar-refractivity contribution < 1.29 is 4.79 Å². The maximum Gasteiger partial charge on any atom is 0.259 e. The van der Waals surface area contributed by atoms with Gasteiger partial charge in [0, 0.05) is 32.0 Å². The van der Waals surface area contributed by atoms with E-state index in [4.69, 9.17) is 0 Å². The van der Waals surface area contributed by atoms with Gasteiger partial charge in [-0.25, -0.2) is 5.43 Å². The molecule has 5 nitrogen and oxygen atoms in total. The number of amides is 1. The molecule has 130 valence electrons. The van der Waals surface area contributed by atoms with Crippen LogP contribution in [0.1, 0.15) is 17.5 Å². The van der Waals surface area contributed by atoms with Crippen LogP contribution in [0.4, 0.5) is 11.4 Å². The van der Waals surface area contributed by atoms with Crippen molar-refractivity contribution in [3.05, 3.63) is 59.7 Å². The maximum atomic E-state index is 12.2. The van der Waals surface area contributed by atoms with Gasteiger partial charge in [0.05, 0.1) is 12.8 Å². The summed E-state index contributed by atoms with van der Waals surface area (Å²) in [6, 6.07) is 16.3. The van der Waals surface area contributed by atoms with Crippen LogP contribution < -0.4 is 15.2 Å². The molecule has 1 aliphatic heterocycles. The highest BCUT2D eigenvalue weighted by atomic mass is 16.2. The summed E-state index contributed by atoms with van der Waals surface area (Å²) >= 11 is 0. The molecule has 5 heteroatoms. The smallest absolute Gasteiger partial charge is 0.259 e. The molecule has 0 saturated heterocycles. The number of para-hydroxylation sites is 1. The third-order valence-corrected chi connectivity index (χ3v) is 4.35. The summed E-state index contributed by atoms with van der Waals surface area (Å²) in [6.45, 7) is 1.23. The molecule has 0 aliphatic carbocycles. The fourth-order valence-corrected chi connectivity index (χ4v) is 3.02. The van der Waals surface area contributed by atoms with Crippen LogP contribution in [0, 0.1) is 0 Å². The average molecular weight is 336 g/mol. The van der Waals surface area contributed by atoms with E-state index in [1.807, 2.05) is 55.4 Å². The Bertz CT molecular complexity index is 753. The van der Waals surface area contributed by atoms with E-state index >= 15 is 0 Å². The van der Waals surface area contributed by atoms with Crippen LogP contribution >= 0.6 is 0 Å². The Balaban J connectivity index is 1.55. The Morgan fingerprint density at radius 2 is 1.96 bits per heavy atom. The van der Waals surface area contributed by atoms with E-state index in [0.29, 0.717) is 6.54 Å². The lowest BCUT2D eigenvalue weighted by molar-refractivity contribution is -0.119. The Hall–Kier alpha value is -2.82. The molecule has 1 N–H and O–H groups in total. The second kappa shape index (κ2) is 7.83. The number of hydrogen-bond acceptors (Lipinski definition) is 4. The van der Waals surface area contributed by atoms with Crippen molar-refractivity contribution in [2.24, 2.45) is 5.10 Å². The summed E-state index contributed by atoms with van der Waals surface area (Å²) < 4.78 is 0. The Labute approximate surface area is 148 Å². The number of benzene rings is 2. The van der Waals surface area contributed by atoms with Crippen LogP contribution in [0.15, 0.2) is 53.6 Å². The number of nitrogens with zero attached hydrogens (tertiary/aromatic N) is 3. The minimum Gasteiger partial charge on any atom is -0.378 e. The SMILES string of the molecule is CN(C)c1ccc(/C=N\NC(=O)CN2CCCc3ccccc32)cc1. The van der Waals surface area contributed by atoms with E-state index < -0.39 is 0 Å². The first-order chi connectivity index (χ1) is 12.1. The molecule has 25 heavy (non-hydrogen) atoms. The first kappa shape index (κ1) is 17.0. The molecule has 0 unspecified atom stereocenters. The number of fused-ring (bicyclic) bond motifs is 1. The van der Waals surface area contributed by atoms with Crippen LogP contribution in [0.3, 0.4) is 0 Å². The second-order valence-corrected chi connectivity index (χ2v) is 6.43. The van der Waals surface area contributed by atoms with E-state index in [1.165, 1.54) is 5.56 Å².